The first-order valence-electron chi connectivity index (χ1n) is 9.99. The molecule has 0 spiro atoms. The summed E-state index contributed by atoms with van der Waals surface area (Å²) in [5, 5.41) is 13.5. The molecule has 2 aromatic rings. The van der Waals surface area contributed by atoms with Gasteiger partial charge in [-0.3, -0.25) is 4.79 Å². The van der Waals surface area contributed by atoms with Gasteiger partial charge in [-0.15, -0.1) is 0 Å². The Kier molecular flexibility index (Phi) is 6.46. The van der Waals surface area contributed by atoms with Gasteiger partial charge in [-0.25, -0.2) is 4.79 Å². The van der Waals surface area contributed by atoms with Crippen molar-refractivity contribution in [3.05, 3.63) is 42.0 Å². The molecule has 0 amide bonds. The number of hydrogen-bond acceptors (Lipinski definition) is 6. The maximum absolute atomic E-state index is 12.8. The molecule has 1 unspecified atom stereocenters. The lowest BCUT2D eigenvalue weighted by Gasteiger charge is -2.50. The second-order valence-corrected chi connectivity index (χ2v) is 11.0. The van der Waals surface area contributed by atoms with E-state index in [2.05, 4.69) is 0 Å². The Morgan fingerprint density at radius 2 is 1.63 bits per heavy atom. The number of piperidine rings is 1. The van der Waals surface area contributed by atoms with Crippen LogP contribution in [0.5, 0.6) is 5.75 Å². The van der Waals surface area contributed by atoms with Crippen molar-refractivity contribution < 1.29 is 24.3 Å². The molecule has 1 fully saturated rings. The summed E-state index contributed by atoms with van der Waals surface area (Å²) >= 11 is 2.01. The minimum atomic E-state index is -0.487. The van der Waals surface area contributed by atoms with Crippen LogP contribution < -0.4 is 4.74 Å². The average Bonchev–Trinajstić information content (AvgIpc) is 2.65. The minimum Gasteiger partial charge on any atom is -0.459 e. The standard InChI is InChI=1S/C23H28INO5/c1-14(24)20(26)29-18-9-8-15-10-17(7-6-16(15)11-18)21(27)30-19-12-22(2,3)25(28)23(4,5)13-19/h6-11,14,19,28H,12-13H2,1-5H3. The van der Waals surface area contributed by atoms with Crippen LogP contribution in [0.25, 0.3) is 10.8 Å². The van der Waals surface area contributed by atoms with Crippen LogP contribution in [-0.4, -0.2) is 43.3 Å². The Bertz CT molecular complexity index is 951. The fourth-order valence-electron chi connectivity index (χ4n) is 4.09. The predicted molar refractivity (Wildman–Crippen MR) is 123 cm³/mol. The number of carbonyl (C=O) groups excluding carboxylic acids is 2. The van der Waals surface area contributed by atoms with E-state index in [9.17, 15) is 14.8 Å². The van der Waals surface area contributed by atoms with E-state index in [4.69, 9.17) is 9.47 Å². The fraction of sp³-hybridized carbons (Fsp3) is 0.478. The molecule has 162 valence electrons. The molecule has 3 rings (SSSR count). The number of benzene rings is 2. The molecule has 0 saturated carbocycles. The first kappa shape index (κ1) is 23.0. The molecule has 0 aromatic heterocycles. The Hall–Kier alpha value is -1.71. The van der Waals surface area contributed by atoms with Crippen molar-refractivity contribution >= 4 is 45.3 Å². The third kappa shape index (κ3) is 4.95. The van der Waals surface area contributed by atoms with Crippen LogP contribution in [0.15, 0.2) is 36.4 Å². The zero-order valence-electron chi connectivity index (χ0n) is 17.9. The van der Waals surface area contributed by atoms with Crippen molar-refractivity contribution in [1.82, 2.24) is 5.06 Å². The van der Waals surface area contributed by atoms with Crippen LogP contribution in [0.3, 0.4) is 0 Å². The SMILES string of the molecule is CC(I)C(=O)Oc1ccc2cc(C(=O)OC3CC(C)(C)N(O)C(C)(C)C3)ccc2c1. The highest BCUT2D eigenvalue weighted by atomic mass is 127. The Labute approximate surface area is 190 Å². The van der Waals surface area contributed by atoms with Crippen molar-refractivity contribution in [2.75, 3.05) is 0 Å². The highest BCUT2D eigenvalue weighted by molar-refractivity contribution is 14.1. The number of nitrogens with zero attached hydrogens (tertiary/aromatic N) is 1. The average molecular weight is 525 g/mol. The Morgan fingerprint density at radius 1 is 1.07 bits per heavy atom. The second kappa shape index (κ2) is 8.43. The van der Waals surface area contributed by atoms with Gasteiger partial charge in [0, 0.05) is 23.9 Å². The van der Waals surface area contributed by atoms with Crippen molar-refractivity contribution in [3.63, 3.8) is 0 Å². The zero-order valence-corrected chi connectivity index (χ0v) is 20.1. The third-order valence-corrected chi connectivity index (χ3v) is 5.97. The molecule has 2 aromatic carbocycles. The summed E-state index contributed by atoms with van der Waals surface area (Å²) in [7, 11) is 0. The monoisotopic (exact) mass is 525 g/mol. The van der Waals surface area contributed by atoms with E-state index in [1.165, 1.54) is 5.06 Å². The number of hydrogen-bond donors (Lipinski definition) is 1. The lowest BCUT2D eigenvalue weighted by Crippen LogP contribution is -2.60. The predicted octanol–water partition coefficient (Wildman–Crippen LogP) is 5.14. The molecule has 0 radical (unpaired) electrons. The smallest absolute Gasteiger partial charge is 0.338 e. The van der Waals surface area contributed by atoms with E-state index in [0.29, 0.717) is 24.2 Å². The quantitative estimate of drug-likeness (QED) is 0.258. The van der Waals surface area contributed by atoms with Crippen LogP contribution >= 0.6 is 22.6 Å². The van der Waals surface area contributed by atoms with E-state index in [1.54, 1.807) is 31.2 Å². The molecule has 30 heavy (non-hydrogen) atoms. The van der Waals surface area contributed by atoms with Gasteiger partial charge in [0.1, 0.15) is 15.8 Å². The van der Waals surface area contributed by atoms with E-state index >= 15 is 0 Å². The summed E-state index contributed by atoms with van der Waals surface area (Å²) in [6, 6.07) is 10.6. The number of esters is 2. The summed E-state index contributed by atoms with van der Waals surface area (Å²) in [6.07, 6.45) is 0.825. The maximum Gasteiger partial charge on any atom is 0.338 e. The molecular formula is C23H28INO5. The number of fused-ring (bicyclic) bond motifs is 1. The first-order chi connectivity index (χ1) is 13.9. The van der Waals surface area contributed by atoms with Gasteiger partial charge in [-0.2, -0.15) is 5.06 Å². The fourth-order valence-corrected chi connectivity index (χ4v) is 4.22. The molecule has 1 saturated heterocycles. The van der Waals surface area contributed by atoms with Crippen molar-refractivity contribution in [1.29, 1.82) is 0 Å². The van der Waals surface area contributed by atoms with E-state index in [0.717, 1.165) is 10.8 Å². The normalized spacial score (nSPS) is 20.0. The largest absolute Gasteiger partial charge is 0.459 e. The lowest BCUT2D eigenvalue weighted by atomic mass is 9.80. The summed E-state index contributed by atoms with van der Waals surface area (Å²) in [5.74, 6) is -0.198. The Balaban J connectivity index is 1.75. The van der Waals surface area contributed by atoms with E-state index in [1.807, 2.05) is 62.4 Å². The molecule has 1 atom stereocenters. The van der Waals surface area contributed by atoms with E-state index < -0.39 is 11.1 Å². The van der Waals surface area contributed by atoms with Crippen molar-refractivity contribution in [2.24, 2.45) is 0 Å². The number of halogens is 1. The van der Waals surface area contributed by atoms with Crippen LogP contribution in [0.4, 0.5) is 0 Å². The van der Waals surface area contributed by atoms with E-state index in [-0.39, 0.29) is 22.0 Å². The van der Waals surface area contributed by atoms with Crippen molar-refractivity contribution in [2.45, 2.75) is 68.6 Å². The van der Waals surface area contributed by atoms with Crippen LogP contribution in [-0.2, 0) is 9.53 Å². The third-order valence-electron chi connectivity index (χ3n) is 5.47. The Morgan fingerprint density at radius 3 is 2.23 bits per heavy atom. The van der Waals surface area contributed by atoms with Gasteiger partial charge in [-0.05, 0) is 69.7 Å². The molecule has 0 bridgehead atoms. The number of alkyl halides is 1. The lowest BCUT2D eigenvalue weighted by molar-refractivity contribution is -0.256. The number of ether oxygens (including phenoxy) is 2. The highest BCUT2D eigenvalue weighted by Crippen LogP contribution is 2.38. The number of hydroxylamine groups is 2. The second-order valence-electron chi connectivity index (χ2n) is 9.13. The zero-order chi connectivity index (χ0) is 22.3. The van der Waals surface area contributed by atoms with Gasteiger partial charge >= 0.3 is 11.9 Å². The molecule has 1 aliphatic heterocycles. The summed E-state index contributed by atoms with van der Waals surface area (Å²) in [5.41, 5.74) is -0.506. The summed E-state index contributed by atoms with van der Waals surface area (Å²) in [6.45, 7) is 9.53. The molecule has 1 aliphatic rings. The summed E-state index contributed by atoms with van der Waals surface area (Å²) < 4.78 is 10.9. The molecular weight excluding hydrogens is 497 g/mol. The van der Waals surface area contributed by atoms with Gasteiger partial charge in [0.25, 0.3) is 0 Å². The summed E-state index contributed by atoms with van der Waals surface area (Å²) in [4.78, 5) is 24.6. The van der Waals surface area contributed by atoms with Gasteiger partial charge < -0.3 is 14.7 Å². The van der Waals surface area contributed by atoms with Gasteiger partial charge in [0.05, 0.1) is 5.56 Å². The van der Waals surface area contributed by atoms with Crippen molar-refractivity contribution in [3.8, 4) is 5.75 Å². The van der Waals surface area contributed by atoms with Crippen LogP contribution in [0.2, 0.25) is 0 Å². The highest BCUT2D eigenvalue weighted by Gasteiger charge is 2.46. The maximum atomic E-state index is 12.8. The van der Waals surface area contributed by atoms with Gasteiger partial charge in [0.15, 0.2) is 0 Å². The number of carbonyl (C=O) groups is 2. The van der Waals surface area contributed by atoms with Gasteiger partial charge in [0.2, 0.25) is 0 Å². The molecule has 0 aliphatic carbocycles. The van der Waals surface area contributed by atoms with Crippen LogP contribution in [0.1, 0.15) is 57.8 Å². The molecule has 7 heteroatoms. The first-order valence-corrected chi connectivity index (χ1v) is 11.2. The topological polar surface area (TPSA) is 76.1 Å². The number of rotatable bonds is 4. The minimum absolute atomic E-state index is 0.233. The van der Waals surface area contributed by atoms with Crippen LogP contribution in [0, 0.1) is 0 Å². The van der Waals surface area contributed by atoms with Gasteiger partial charge in [-0.1, -0.05) is 34.7 Å². The molecule has 6 nitrogen and oxygen atoms in total. The molecule has 1 heterocycles. The molecule has 1 N–H and O–H groups in total.